The smallest absolute Gasteiger partial charge is 0.256 e. The highest BCUT2D eigenvalue weighted by Gasteiger charge is 2.17. The van der Waals surface area contributed by atoms with Crippen molar-refractivity contribution in [2.75, 3.05) is 5.32 Å². The van der Waals surface area contributed by atoms with E-state index in [9.17, 15) is 9.59 Å². The van der Waals surface area contributed by atoms with Gasteiger partial charge < -0.3 is 5.32 Å². The number of anilines is 1. The van der Waals surface area contributed by atoms with E-state index >= 15 is 0 Å². The molecule has 5 rings (SSSR count). The van der Waals surface area contributed by atoms with Crippen LogP contribution in [0.2, 0.25) is 0 Å². The Labute approximate surface area is 200 Å². The molecule has 7 heteroatoms. The first-order valence-electron chi connectivity index (χ1n) is 10.8. The molecule has 2 heterocycles. The van der Waals surface area contributed by atoms with Gasteiger partial charge in [-0.2, -0.15) is 9.78 Å². The molecule has 5 aromatic rings. The number of thiazole rings is 1. The van der Waals surface area contributed by atoms with E-state index in [1.165, 1.54) is 22.5 Å². The van der Waals surface area contributed by atoms with Crippen LogP contribution >= 0.6 is 11.3 Å². The van der Waals surface area contributed by atoms with E-state index in [-0.39, 0.29) is 11.7 Å². The Bertz CT molecular complexity index is 1490. The minimum absolute atomic E-state index is 0.0810. The van der Waals surface area contributed by atoms with E-state index in [2.05, 4.69) is 36.4 Å². The molecule has 2 aromatic heterocycles. The molecule has 0 fully saturated rings. The normalized spacial score (nSPS) is 11.0. The van der Waals surface area contributed by atoms with Gasteiger partial charge in [0.1, 0.15) is 5.82 Å². The van der Waals surface area contributed by atoms with Gasteiger partial charge in [0.2, 0.25) is 5.13 Å². The number of hydrogen-bond acceptors (Lipinski definition) is 5. The van der Waals surface area contributed by atoms with Gasteiger partial charge >= 0.3 is 0 Å². The maximum absolute atomic E-state index is 13.0. The third-order valence-electron chi connectivity index (χ3n) is 5.69. The van der Waals surface area contributed by atoms with Crippen molar-refractivity contribution < 1.29 is 9.59 Å². The lowest BCUT2D eigenvalue weighted by Crippen LogP contribution is -2.15. The minimum atomic E-state index is -0.285. The second kappa shape index (κ2) is 8.68. The molecule has 34 heavy (non-hydrogen) atoms. The standard InChI is InChI=1S/C27H22N4O2S/c1-16-13-22-23(14-17(16)2)34-27(28-22)31-24(15-18(3)30-31)29-26(33)21-11-9-20(10-12-21)25(32)19-7-5-4-6-8-19/h4-15H,1-3H3,(H,29,33). The molecule has 1 amide bonds. The fourth-order valence-corrected chi connectivity index (χ4v) is 4.72. The van der Waals surface area contributed by atoms with E-state index in [4.69, 9.17) is 4.98 Å². The van der Waals surface area contributed by atoms with Crippen LogP contribution in [0.1, 0.15) is 43.1 Å². The van der Waals surface area contributed by atoms with Gasteiger partial charge in [0.05, 0.1) is 15.9 Å². The van der Waals surface area contributed by atoms with Crippen LogP contribution in [0.5, 0.6) is 0 Å². The Kier molecular flexibility index (Phi) is 5.55. The zero-order chi connectivity index (χ0) is 23.8. The number of fused-ring (bicyclic) bond motifs is 1. The van der Waals surface area contributed by atoms with Crippen LogP contribution in [0.4, 0.5) is 5.82 Å². The third-order valence-corrected chi connectivity index (χ3v) is 6.69. The average Bonchev–Trinajstić information content (AvgIpc) is 3.41. The number of carbonyl (C=O) groups is 2. The Morgan fingerprint density at radius 1 is 0.824 bits per heavy atom. The molecule has 3 aromatic carbocycles. The lowest BCUT2D eigenvalue weighted by Gasteiger charge is -2.07. The summed E-state index contributed by atoms with van der Waals surface area (Å²) < 4.78 is 2.73. The molecule has 0 radical (unpaired) electrons. The number of nitrogens with one attached hydrogen (secondary N) is 1. The number of rotatable bonds is 5. The van der Waals surface area contributed by atoms with Crippen molar-refractivity contribution in [1.82, 2.24) is 14.8 Å². The molecule has 0 saturated heterocycles. The molecule has 0 aliphatic rings. The highest BCUT2D eigenvalue weighted by atomic mass is 32.1. The van der Waals surface area contributed by atoms with Gasteiger partial charge in [-0.15, -0.1) is 0 Å². The SMILES string of the molecule is Cc1cc(NC(=O)c2ccc(C(=O)c3ccccc3)cc2)n(-c2nc3cc(C)c(C)cc3s2)n1. The van der Waals surface area contributed by atoms with Gasteiger partial charge in [0.15, 0.2) is 5.78 Å². The van der Waals surface area contributed by atoms with Crippen molar-refractivity contribution in [3.05, 3.63) is 106 Å². The fourth-order valence-electron chi connectivity index (χ4n) is 3.71. The molecule has 0 saturated carbocycles. The number of nitrogens with zero attached hydrogens (tertiary/aromatic N) is 3. The molecular formula is C27H22N4O2S. The van der Waals surface area contributed by atoms with Crippen LogP contribution in [-0.4, -0.2) is 26.5 Å². The Balaban J connectivity index is 1.39. The molecule has 0 aliphatic carbocycles. The van der Waals surface area contributed by atoms with Gasteiger partial charge in [-0.1, -0.05) is 53.8 Å². The van der Waals surface area contributed by atoms with E-state index in [0.717, 1.165) is 15.9 Å². The van der Waals surface area contributed by atoms with Crippen LogP contribution in [0.3, 0.4) is 0 Å². The quantitative estimate of drug-likeness (QED) is 0.328. The highest BCUT2D eigenvalue weighted by molar-refractivity contribution is 7.20. The van der Waals surface area contributed by atoms with Crippen molar-refractivity contribution in [2.45, 2.75) is 20.8 Å². The van der Waals surface area contributed by atoms with Gasteiger partial charge in [-0.25, -0.2) is 4.98 Å². The summed E-state index contributed by atoms with van der Waals surface area (Å²) in [5.74, 6) is 0.176. The molecular weight excluding hydrogens is 444 g/mol. The van der Waals surface area contributed by atoms with Crippen molar-refractivity contribution in [3.63, 3.8) is 0 Å². The number of ketones is 1. The minimum Gasteiger partial charge on any atom is -0.306 e. The molecule has 168 valence electrons. The number of aromatic nitrogens is 3. The number of amides is 1. The first kappa shape index (κ1) is 21.7. The third kappa shape index (κ3) is 4.13. The largest absolute Gasteiger partial charge is 0.306 e. The Morgan fingerprint density at radius 3 is 2.21 bits per heavy atom. The number of benzene rings is 3. The summed E-state index contributed by atoms with van der Waals surface area (Å²) in [5.41, 5.74) is 5.67. The molecule has 6 nitrogen and oxygen atoms in total. The van der Waals surface area contributed by atoms with Crippen LogP contribution in [0, 0.1) is 20.8 Å². The van der Waals surface area contributed by atoms with Crippen molar-refractivity contribution in [2.24, 2.45) is 0 Å². The fraction of sp³-hybridized carbons (Fsp3) is 0.111. The monoisotopic (exact) mass is 466 g/mol. The van der Waals surface area contributed by atoms with Crippen LogP contribution in [0.25, 0.3) is 15.3 Å². The lowest BCUT2D eigenvalue weighted by atomic mass is 10.0. The number of aryl methyl sites for hydroxylation is 3. The maximum atomic E-state index is 13.0. The van der Waals surface area contributed by atoms with Gasteiger partial charge in [0.25, 0.3) is 5.91 Å². The second-order valence-electron chi connectivity index (χ2n) is 8.21. The summed E-state index contributed by atoms with van der Waals surface area (Å²) in [4.78, 5) is 30.3. The second-order valence-corrected chi connectivity index (χ2v) is 9.22. The summed E-state index contributed by atoms with van der Waals surface area (Å²) in [6.07, 6.45) is 0. The first-order chi connectivity index (χ1) is 16.4. The van der Waals surface area contributed by atoms with Gasteiger partial charge in [-0.05, 0) is 56.2 Å². The molecule has 0 atom stereocenters. The van der Waals surface area contributed by atoms with E-state index in [1.54, 1.807) is 41.1 Å². The predicted molar refractivity (Wildman–Crippen MR) is 135 cm³/mol. The zero-order valence-corrected chi connectivity index (χ0v) is 19.8. The predicted octanol–water partition coefficient (Wildman–Crippen LogP) is 5.89. The Morgan fingerprint density at radius 2 is 1.47 bits per heavy atom. The lowest BCUT2D eigenvalue weighted by molar-refractivity contribution is 0.101. The average molecular weight is 467 g/mol. The molecule has 0 spiro atoms. The first-order valence-corrected chi connectivity index (χ1v) is 11.7. The summed E-state index contributed by atoms with van der Waals surface area (Å²) in [7, 11) is 0. The number of hydrogen-bond donors (Lipinski definition) is 1. The summed E-state index contributed by atoms with van der Waals surface area (Å²) >= 11 is 1.53. The van der Waals surface area contributed by atoms with Crippen LogP contribution in [-0.2, 0) is 0 Å². The molecule has 0 aliphatic heterocycles. The zero-order valence-electron chi connectivity index (χ0n) is 19.0. The van der Waals surface area contributed by atoms with Gasteiger partial charge in [-0.3, -0.25) is 9.59 Å². The Hall–Kier alpha value is -4.10. The molecule has 1 N–H and O–H groups in total. The van der Waals surface area contributed by atoms with Crippen molar-refractivity contribution in [3.8, 4) is 5.13 Å². The highest BCUT2D eigenvalue weighted by Crippen LogP contribution is 2.29. The summed E-state index contributed by atoms with van der Waals surface area (Å²) in [5, 5.41) is 8.17. The molecule has 0 unspecified atom stereocenters. The number of carbonyl (C=O) groups excluding carboxylic acids is 2. The van der Waals surface area contributed by atoms with E-state index in [0.29, 0.717) is 27.6 Å². The summed E-state index contributed by atoms with van der Waals surface area (Å²) in [6.45, 7) is 6.02. The topological polar surface area (TPSA) is 76.9 Å². The molecule has 0 bridgehead atoms. The van der Waals surface area contributed by atoms with Crippen molar-refractivity contribution >= 4 is 39.1 Å². The van der Waals surface area contributed by atoms with Crippen LogP contribution < -0.4 is 5.32 Å². The van der Waals surface area contributed by atoms with E-state index < -0.39 is 0 Å². The van der Waals surface area contributed by atoms with Crippen LogP contribution in [0.15, 0.2) is 72.8 Å². The van der Waals surface area contributed by atoms with E-state index in [1.807, 2.05) is 31.2 Å². The van der Waals surface area contributed by atoms with Gasteiger partial charge in [0, 0.05) is 22.8 Å². The maximum Gasteiger partial charge on any atom is 0.256 e. The van der Waals surface area contributed by atoms with Crippen molar-refractivity contribution in [1.29, 1.82) is 0 Å². The summed E-state index contributed by atoms with van der Waals surface area (Å²) in [6, 6.07) is 21.7.